The zero-order chi connectivity index (χ0) is 13.0. The van der Waals surface area contributed by atoms with E-state index in [1.165, 1.54) is 0 Å². The van der Waals surface area contributed by atoms with Gasteiger partial charge >= 0.3 is 0 Å². The van der Waals surface area contributed by atoms with Crippen LogP contribution in [0.3, 0.4) is 0 Å². The first-order valence-corrected chi connectivity index (χ1v) is 6.86. The molecule has 2 aromatic rings. The Labute approximate surface area is 121 Å². The summed E-state index contributed by atoms with van der Waals surface area (Å²) in [6, 6.07) is 17.6. The third kappa shape index (κ3) is 3.10. The van der Waals surface area contributed by atoms with Crippen molar-refractivity contribution in [1.29, 1.82) is 0 Å². The molecule has 0 aliphatic rings. The van der Waals surface area contributed by atoms with Gasteiger partial charge in [-0.3, -0.25) is 4.79 Å². The van der Waals surface area contributed by atoms with Crippen molar-refractivity contribution in [2.75, 3.05) is 5.32 Å². The lowest BCUT2D eigenvalue weighted by molar-refractivity contribution is -0.117. The smallest absolute Gasteiger partial charge is 0.231 e. The largest absolute Gasteiger partial charge is 0.325 e. The van der Waals surface area contributed by atoms with Crippen LogP contribution in [0.25, 0.3) is 0 Å². The lowest BCUT2D eigenvalue weighted by Gasteiger charge is -2.13. The fourth-order valence-corrected chi connectivity index (χ4v) is 2.22. The van der Waals surface area contributed by atoms with E-state index in [4.69, 9.17) is 0 Å². The standard InChI is InChI=1S/C15H14INO/c1-11(12-7-3-2-4-8-12)15(18)17-14-10-6-5-9-13(14)16/h2-11H,1H3,(H,17,18). The molecule has 1 unspecified atom stereocenters. The first-order valence-electron chi connectivity index (χ1n) is 5.79. The average molecular weight is 351 g/mol. The molecule has 2 aromatic carbocycles. The number of hydrogen-bond donors (Lipinski definition) is 1. The van der Waals surface area contributed by atoms with Gasteiger partial charge in [0.15, 0.2) is 0 Å². The Balaban J connectivity index is 2.12. The van der Waals surface area contributed by atoms with Crippen LogP contribution in [-0.4, -0.2) is 5.91 Å². The van der Waals surface area contributed by atoms with Gasteiger partial charge in [-0.2, -0.15) is 0 Å². The number of rotatable bonds is 3. The number of amides is 1. The van der Waals surface area contributed by atoms with Gasteiger partial charge in [-0.1, -0.05) is 42.5 Å². The van der Waals surface area contributed by atoms with Crippen LogP contribution in [0.2, 0.25) is 0 Å². The number of para-hydroxylation sites is 1. The lowest BCUT2D eigenvalue weighted by atomic mass is 10.0. The van der Waals surface area contributed by atoms with E-state index in [0.717, 1.165) is 14.8 Å². The highest BCUT2D eigenvalue weighted by atomic mass is 127. The number of carbonyl (C=O) groups is 1. The summed E-state index contributed by atoms with van der Waals surface area (Å²) in [6.45, 7) is 1.92. The zero-order valence-electron chi connectivity index (χ0n) is 10.1. The van der Waals surface area contributed by atoms with Crippen LogP contribution in [0.4, 0.5) is 5.69 Å². The van der Waals surface area contributed by atoms with Crippen LogP contribution >= 0.6 is 22.6 Å². The quantitative estimate of drug-likeness (QED) is 0.831. The minimum Gasteiger partial charge on any atom is -0.325 e. The van der Waals surface area contributed by atoms with Crippen molar-refractivity contribution in [3.63, 3.8) is 0 Å². The minimum atomic E-state index is -0.151. The highest BCUT2D eigenvalue weighted by Crippen LogP contribution is 2.21. The van der Waals surface area contributed by atoms with E-state index >= 15 is 0 Å². The van der Waals surface area contributed by atoms with Crippen molar-refractivity contribution < 1.29 is 4.79 Å². The average Bonchev–Trinajstić information content (AvgIpc) is 2.41. The van der Waals surface area contributed by atoms with Crippen LogP contribution in [0.5, 0.6) is 0 Å². The second-order valence-corrected chi connectivity index (χ2v) is 5.26. The molecule has 92 valence electrons. The van der Waals surface area contributed by atoms with E-state index in [0.29, 0.717) is 0 Å². The predicted molar refractivity (Wildman–Crippen MR) is 82.6 cm³/mol. The molecule has 0 heterocycles. The molecule has 0 spiro atoms. The van der Waals surface area contributed by atoms with Crippen molar-refractivity contribution >= 4 is 34.2 Å². The molecule has 0 fully saturated rings. The maximum absolute atomic E-state index is 12.2. The molecule has 1 N–H and O–H groups in total. The monoisotopic (exact) mass is 351 g/mol. The van der Waals surface area contributed by atoms with Gasteiger partial charge in [0, 0.05) is 3.57 Å². The van der Waals surface area contributed by atoms with Gasteiger partial charge in [-0.15, -0.1) is 0 Å². The summed E-state index contributed by atoms with van der Waals surface area (Å²) in [5, 5.41) is 2.96. The maximum Gasteiger partial charge on any atom is 0.231 e. The van der Waals surface area contributed by atoms with Crippen molar-refractivity contribution in [1.82, 2.24) is 0 Å². The molecule has 2 rings (SSSR count). The van der Waals surface area contributed by atoms with Gasteiger partial charge in [0.2, 0.25) is 5.91 Å². The summed E-state index contributed by atoms with van der Waals surface area (Å²) in [4.78, 5) is 12.2. The van der Waals surface area contributed by atoms with Crippen LogP contribution in [0.15, 0.2) is 54.6 Å². The minimum absolute atomic E-state index is 0.0188. The van der Waals surface area contributed by atoms with E-state index in [2.05, 4.69) is 27.9 Å². The third-order valence-corrected chi connectivity index (χ3v) is 3.77. The molecular weight excluding hydrogens is 337 g/mol. The van der Waals surface area contributed by atoms with Gasteiger partial charge in [0.1, 0.15) is 0 Å². The number of halogens is 1. The predicted octanol–water partition coefficient (Wildman–Crippen LogP) is 4.03. The molecule has 1 amide bonds. The van der Waals surface area contributed by atoms with Gasteiger partial charge < -0.3 is 5.32 Å². The Kier molecular flexibility index (Phi) is 4.36. The van der Waals surface area contributed by atoms with E-state index in [1.807, 2.05) is 61.5 Å². The van der Waals surface area contributed by atoms with Crippen molar-refractivity contribution in [2.45, 2.75) is 12.8 Å². The second-order valence-electron chi connectivity index (χ2n) is 4.10. The van der Waals surface area contributed by atoms with Crippen LogP contribution in [0, 0.1) is 3.57 Å². The van der Waals surface area contributed by atoms with Crippen molar-refractivity contribution in [2.24, 2.45) is 0 Å². The number of nitrogens with one attached hydrogen (secondary N) is 1. The van der Waals surface area contributed by atoms with Gasteiger partial charge in [-0.25, -0.2) is 0 Å². The highest BCUT2D eigenvalue weighted by molar-refractivity contribution is 14.1. The number of benzene rings is 2. The first-order chi connectivity index (χ1) is 8.68. The molecule has 0 bridgehead atoms. The summed E-state index contributed by atoms with van der Waals surface area (Å²) in [6.07, 6.45) is 0. The molecule has 0 radical (unpaired) electrons. The molecular formula is C15H14INO. The zero-order valence-corrected chi connectivity index (χ0v) is 12.2. The molecule has 2 nitrogen and oxygen atoms in total. The lowest BCUT2D eigenvalue weighted by Crippen LogP contribution is -2.19. The van der Waals surface area contributed by atoms with Gasteiger partial charge in [-0.05, 0) is 47.2 Å². The summed E-state index contributed by atoms with van der Waals surface area (Å²) in [5.74, 6) is -0.132. The summed E-state index contributed by atoms with van der Waals surface area (Å²) in [7, 11) is 0. The van der Waals surface area contributed by atoms with Crippen LogP contribution in [0.1, 0.15) is 18.4 Å². The van der Waals surface area contributed by atoms with Gasteiger partial charge in [0.25, 0.3) is 0 Å². The maximum atomic E-state index is 12.2. The molecule has 3 heteroatoms. The van der Waals surface area contributed by atoms with E-state index in [-0.39, 0.29) is 11.8 Å². The summed E-state index contributed by atoms with van der Waals surface area (Å²) >= 11 is 2.22. The fraction of sp³-hybridized carbons (Fsp3) is 0.133. The molecule has 0 saturated heterocycles. The first kappa shape index (κ1) is 13.1. The highest BCUT2D eigenvalue weighted by Gasteiger charge is 2.15. The van der Waals surface area contributed by atoms with Crippen molar-refractivity contribution in [3.8, 4) is 0 Å². The number of anilines is 1. The number of hydrogen-bond acceptors (Lipinski definition) is 1. The Morgan fingerprint density at radius 2 is 1.67 bits per heavy atom. The SMILES string of the molecule is CC(C(=O)Nc1ccccc1I)c1ccccc1. The summed E-state index contributed by atoms with van der Waals surface area (Å²) < 4.78 is 1.05. The topological polar surface area (TPSA) is 29.1 Å². The molecule has 1 atom stereocenters. The Morgan fingerprint density at radius 3 is 2.33 bits per heavy atom. The van der Waals surface area contributed by atoms with E-state index in [1.54, 1.807) is 0 Å². The summed E-state index contributed by atoms with van der Waals surface area (Å²) in [5.41, 5.74) is 1.90. The van der Waals surface area contributed by atoms with E-state index in [9.17, 15) is 4.79 Å². The Morgan fingerprint density at radius 1 is 1.06 bits per heavy atom. The Bertz CT molecular complexity index is 539. The number of carbonyl (C=O) groups excluding carboxylic acids is 1. The molecule has 18 heavy (non-hydrogen) atoms. The van der Waals surface area contributed by atoms with E-state index < -0.39 is 0 Å². The van der Waals surface area contributed by atoms with Crippen LogP contribution < -0.4 is 5.32 Å². The fourth-order valence-electron chi connectivity index (χ4n) is 1.70. The molecule has 0 aromatic heterocycles. The van der Waals surface area contributed by atoms with Gasteiger partial charge in [0.05, 0.1) is 11.6 Å². The second kappa shape index (κ2) is 6.00. The molecule has 0 saturated carbocycles. The normalized spacial score (nSPS) is 11.9. The van der Waals surface area contributed by atoms with Crippen LogP contribution in [-0.2, 0) is 4.79 Å². The molecule has 0 aliphatic carbocycles. The molecule has 0 aliphatic heterocycles. The Hall–Kier alpha value is -1.36. The van der Waals surface area contributed by atoms with Crippen molar-refractivity contribution in [3.05, 3.63) is 63.7 Å². The third-order valence-electron chi connectivity index (χ3n) is 2.82.